The summed E-state index contributed by atoms with van der Waals surface area (Å²) in [5.41, 5.74) is 7.38. The number of nitrogens with zero attached hydrogens (tertiary/aromatic N) is 1. The number of halogens is 1. The van der Waals surface area contributed by atoms with E-state index in [4.69, 9.17) is 5.41 Å². The molecule has 0 bridgehead atoms. The molecule has 0 saturated heterocycles. The summed E-state index contributed by atoms with van der Waals surface area (Å²) in [6, 6.07) is 35.5. The zero-order valence-corrected chi connectivity index (χ0v) is 19.2. The molecule has 0 aromatic heterocycles. The molecule has 0 spiro atoms. The molecule has 0 unspecified atom stereocenters. The Hall–Kier alpha value is -3.69. The van der Waals surface area contributed by atoms with Gasteiger partial charge in [0.15, 0.2) is 0 Å². The van der Waals surface area contributed by atoms with Crippen LogP contribution in [-0.4, -0.2) is 6.21 Å². The first-order chi connectivity index (χ1) is 15.7. The third-order valence-corrected chi connectivity index (χ3v) is 5.70. The lowest BCUT2D eigenvalue weighted by atomic mass is 10.0. The third-order valence-electron chi connectivity index (χ3n) is 5.21. The zero-order chi connectivity index (χ0) is 22.3. The van der Waals surface area contributed by atoms with Gasteiger partial charge in [0.05, 0.1) is 0 Å². The van der Waals surface area contributed by atoms with Gasteiger partial charge in [-0.2, -0.15) is 0 Å². The van der Waals surface area contributed by atoms with Gasteiger partial charge < -0.3 is 10.3 Å². The van der Waals surface area contributed by atoms with Crippen molar-refractivity contribution in [2.75, 3.05) is 4.90 Å². The average Bonchev–Trinajstić information content (AvgIpc) is 2.84. The van der Waals surface area contributed by atoms with Crippen molar-refractivity contribution in [3.8, 4) is 11.1 Å². The number of hydrogen-bond acceptors (Lipinski definition) is 2. The predicted octanol–water partition coefficient (Wildman–Crippen LogP) is 8.80. The molecule has 32 heavy (non-hydrogen) atoms. The highest BCUT2D eigenvalue weighted by atomic mass is 79.9. The van der Waals surface area contributed by atoms with Crippen LogP contribution in [0.3, 0.4) is 0 Å². The van der Waals surface area contributed by atoms with Crippen molar-refractivity contribution in [3.63, 3.8) is 0 Å². The molecule has 156 valence electrons. The largest absolute Gasteiger partial charge is 0.311 e. The number of anilines is 3. The summed E-state index contributed by atoms with van der Waals surface area (Å²) in [5.74, 6) is 0. The van der Waals surface area contributed by atoms with Crippen LogP contribution in [0.2, 0.25) is 0 Å². The monoisotopic (exact) mass is 478 g/mol. The predicted molar refractivity (Wildman–Crippen MR) is 141 cm³/mol. The van der Waals surface area contributed by atoms with Crippen LogP contribution in [0.1, 0.15) is 5.56 Å². The maximum Gasteiger partial charge on any atom is 0.0462 e. The van der Waals surface area contributed by atoms with E-state index in [0.29, 0.717) is 0 Å². The molecule has 0 atom stereocenters. The van der Waals surface area contributed by atoms with E-state index in [-0.39, 0.29) is 0 Å². The van der Waals surface area contributed by atoms with E-state index in [1.165, 1.54) is 17.3 Å². The summed E-state index contributed by atoms with van der Waals surface area (Å²) in [5, 5.41) is 7.66. The topological polar surface area (TPSA) is 27.1 Å². The molecule has 0 radical (unpaired) electrons. The summed E-state index contributed by atoms with van der Waals surface area (Å²) >= 11 is 3.56. The van der Waals surface area contributed by atoms with Gasteiger partial charge in [-0.05, 0) is 70.8 Å². The molecule has 0 aliphatic carbocycles. The fourth-order valence-corrected chi connectivity index (χ4v) is 4.05. The second-order valence-electron chi connectivity index (χ2n) is 7.28. The Morgan fingerprint density at radius 1 is 0.719 bits per heavy atom. The minimum atomic E-state index is 0.830. The Balaban J connectivity index is 1.73. The number of para-hydroxylation sites is 1. The highest BCUT2D eigenvalue weighted by molar-refractivity contribution is 9.10. The van der Waals surface area contributed by atoms with Crippen molar-refractivity contribution >= 4 is 44.8 Å². The molecule has 3 heteroatoms. The van der Waals surface area contributed by atoms with E-state index in [1.54, 1.807) is 6.08 Å². The summed E-state index contributed by atoms with van der Waals surface area (Å²) < 4.78 is 1.07. The van der Waals surface area contributed by atoms with Crippen LogP contribution in [0.15, 0.2) is 126 Å². The standard InChI is InChI=1S/C29H23BrN2/c1-2-7-25(21-31)23-14-18-29(19-15-23)32(27-10-4-3-5-11-27)28-16-12-22(13-17-28)24-8-6-9-26(30)20-24/h2-21,31H,1H2/b25-7+,31-21?. The molecule has 0 aliphatic rings. The van der Waals surface area contributed by atoms with Crippen LogP contribution < -0.4 is 4.90 Å². The number of benzene rings is 4. The SMILES string of the molecule is C=C/C=C(\C=N)c1ccc(N(c2ccccc2)c2ccc(-c3cccc(Br)c3)cc2)cc1. The van der Waals surface area contributed by atoms with Gasteiger partial charge in [-0.15, -0.1) is 0 Å². The minimum absolute atomic E-state index is 0.830. The van der Waals surface area contributed by atoms with E-state index >= 15 is 0 Å². The maximum atomic E-state index is 7.66. The Kier molecular flexibility index (Phi) is 6.78. The lowest BCUT2D eigenvalue weighted by Crippen LogP contribution is -2.09. The van der Waals surface area contributed by atoms with Crippen LogP contribution in [-0.2, 0) is 0 Å². The summed E-state index contributed by atoms with van der Waals surface area (Å²) in [7, 11) is 0. The first kappa shape index (κ1) is 21.5. The average molecular weight is 479 g/mol. The fourth-order valence-electron chi connectivity index (χ4n) is 3.65. The lowest BCUT2D eigenvalue weighted by molar-refractivity contribution is 1.28. The molecule has 0 amide bonds. The van der Waals surface area contributed by atoms with Gasteiger partial charge in [-0.1, -0.05) is 89.3 Å². The van der Waals surface area contributed by atoms with E-state index in [0.717, 1.165) is 32.7 Å². The Morgan fingerprint density at radius 3 is 1.94 bits per heavy atom. The second-order valence-corrected chi connectivity index (χ2v) is 8.19. The highest BCUT2D eigenvalue weighted by Gasteiger charge is 2.13. The van der Waals surface area contributed by atoms with Gasteiger partial charge in [-0.25, -0.2) is 0 Å². The molecular formula is C29H23BrN2. The first-order valence-corrected chi connectivity index (χ1v) is 11.1. The van der Waals surface area contributed by atoms with Gasteiger partial charge in [0.25, 0.3) is 0 Å². The number of allylic oxidation sites excluding steroid dienone is 3. The van der Waals surface area contributed by atoms with Crippen molar-refractivity contribution in [2.45, 2.75) is 0 Å². The molecule has 4 aromatic rings. The molecular weight excluding hydrogens is 456 g/mol. The quantitative estimate of drug-likeness (QED) is 0.208. The van der Waals surface area contributed by atoms with Crippen molar-refractivity contribution in [1.82, 2.24) is 0 Å². The van der Waals surface area contributed by atoms with E-state index in [1.807, 2.05) is 42.5 Å². The zero-order valence-electron chi connectivity index (χ0n) is 17.6. The van der Waals surface area contributed by atoms with Crippen molar-refractivity contribution in [1.29, 1.82) is 5.41 Å². The van der Waals surface area contributed by atoms with E-state index < -0.39 is 0 Å². The maximum absolute atomic E-state index is 7.66. The fraction of sp³-hybridized carbons (Fsp3) is 0. The number of nitrogens with one attached hydrogen (secondary N) is 1. The van der Waals surface area contributed by atoms with Crippen molar-refractivity contribution < 1.29 is 0 Å². The minimum Gasteiger partial charge on any atom is -0.311 e. The summed E-state index contributed by atoms with van der Waals surface area (Å²) in [4.78, 5) is 2.23. The van der Waals surface area contributed by atoms with Gasteiger partial charge in [-0.3, -0.25) is 0 Å². The Morgan fingerprint density at radius 2 is 1.34 bits per heavy atom. The third kappa shape index (κ3) is 4.79. The molecule has 0 saturated carbocycles. The van der Waals surface area contributed by atoms with Gasteiger partial charge >= 0.3 is 0 Å². The molecule has 4 rings (SSSR count). The van der Waals surface area contributed by atoms with Crippen LogP contribution in [0.5, 0.6) is 0 Å². The van der Waals surface area contributed by atoms with Crippen LogP contribution in [0.4, 0.5) is 17.1 Å². The lowest BCUT2D eigenvalue weighted by Gasteiger charge is -2.26. The number of rotatable bonds is 7. The normalized spacial score (nSPS) is 11.1. The summed E-state index contributed by atoms with van der Waals surface area (Å²) in [6.07, 6.45) is 4.90. The highest BCUT2D eigenvalue weighted by Crippen LogP contribution is 2.36. The molecule has 0 fully saturated rings. The van der Waals surface area contributed by atoms with Crippen molar-refractivity contribution in [2.24, 2.45) is 0 Å². The first-order valence-electron chi connectivity index (χ1n) is 10.3. The second kappa shape index (κ2) is 10.1. The van der Waals surface area contributed by atoms with Crippen molar-refractivity contribution in [3.05, 3.63) is 132 Å². The van der Waals surface area contributed by atoms with E-state index in [2.05, 4.69) is 94.1 Å². The summed E-state index contributed by atoms with van der Waals surface area (Å²) in [6.45, 7) is 3.74. The van der Waals surface area contributed by atoms with Gasteiger partial charge in [0.1, 0.15) is 0 Å². The van der Waals surface area contributed by atoms with Gasteiger partial charge in [0.2, 0.25) is 0 Å². The molecule has 4 aromatic carbocycles. The Labute approximate surface area is 197 Å². The van der Waals surface area contributed by atoms with Crippen LogP contribution in [0, 0.1) is 5.41 Å². The van der Waals surface area contributed by atoms with Crippen LogP contribution in [0.25, 0.3) is 16.7 Å². The number of hydrogen-bond donors (Lipinski definition) is 1. The molecule has 1 N–H and O–H groups in total. The van der Waals surface area contributed by atoms with Gasteiger partial charge in [0, 0.05) is 27.7 Å². The smallest absolute Gasteiger partial charge is 0.0462 e. The van der Waals surface area contributed by atoms with Crippen LogP contribution >= 0.6 is 15.9 Å². The molecule has 0 aliphatic heterocycles. The van der Waals surface area contributed by atoms with E-state index in [9.17, 15) is 0 Å². The molecule has 0 heterocycles. The Bertz CT molecular complexity index is 1240. The molecule has 2 nitrogen and oxygen atoms in total.